The molecule has 0 aliphatic rings. The van der Waals surface area contributed by atoms with Gasteiger partial charge in [-0.05, 0) is 36.1 Å². The largest absolute Gasteiger partial charge is 0.394 e. The molecular weight excluding hydrogens is 188 g/mol. The first-order valence-electron chi connectivity index (χ1n) is 5.00. The third kappa shape index (κ3) is 1.64. The van der Waals surface area contributed by atoms with E-state index in [1.807, 2.05) is 44.4 Å². The summed E-state index contributed by atoms with van der Waals surface area (Å²) in [4.78, 5) is 0. The number of aryl methyl sites for hydroxylation is 1. The monoisotopic (exact) mass is 204 g/mol. The van der Waals surface area contributed by atoms with E-state index in [2.05, 4.69) is 4.57 Å². The van der Waals surface area contributed by atoms with Gasteiger partial charge in [0.15, 0.2) is 0 Å². The number of benzene rings is 1. The van der Waals surface area contributed by atoms with Gasteiger partial charge >= 0.3 is 0 Å². The highest BCUT2D eigenvalue weighted by molar-refractivity contribution is 5.81. The topological polar surface area (TPSA) is 51.2 Å². The molecule has 3 nitrogen and oxygen atoms in total. The predicted octanol–water partition coefficient (Wildman–Crippen LogP) is 1.34. The first-order chi connectivity index (χ1) is 7.04. The van der Waals surface area contributed by atoms with E-state index >= 15 is 0 Å². The maximum Gasteiger partial charge on any atom is 0.0650 e. The summed E-state index contributed by atoms with van der Waals surface area (Å²) in [6.07, 6.45) is 2.02. The van der Waals surface area contributed by atoms with Crippen LogP contribution in [0.1, 0.15) is 12.5 Å². The Morgan fingerprint density at radius 3 is 2.80 bits per heavy atom. The molecule has 0 aliphatic heterocycles. The zero-order chi connectivity index (χ0) is 11.1. The Morgan fingerprint density at radius 2 is 2.13 bits per heavy atom. The van der Waals surface area contributed by atoms with Crippen LogP contribution in [0, 0.1) is 0 Å². The second-order valence-electron chi connectivity index (χ2n) is 4.28. The van der Waals surface area contributed by atoms with E-state index < -0.39 is 5.54 Å². The van der Waals surface area contributed by atoms with Crippen LogP contribution in [0.2, 0.25) is 0 Å². The van der Waals surface area contributed by atoms with Crippen molar-refractivity contribution in [2.24, 2.45) is 12.8 Å². The minimum absolute atomic E-state index is 0.0503. The fraction of sp³-hybridized carbons (Fsp3) is 0.333. The lowest BCUT2D eigenvalue weighted by molar-refractivity contribution is 0.210. The molecule has 1 aromatic heterocycles. The van der Waals surface area contributed by atoms with Crippen molar-refractivity contribution in [3.05, 3.63) is 36.0 Å². The number of aromatic nitrogens is 1. The van der Waals surface area contributed by atoms with Crippen LogP contribution in [0.3, 0.4) is 0 Å². The van der Waals surface area contributed by atoms with Crippen LogP contribution in [-0.4, -0.2) is 16.3 Å². The van der Waals surface area contributed by atoms with E-state index in [0.29, 0.717) is 0 Å². The van der Waals surface area contributed by atoms with Gasteiger partial charge in [0.2, 0.25) is 0 Å². The number of nitrogens with zero attached hydrogens (tertiary/aromatic N) is 1. The molecular formula is C12H16N2O. The summed E-state index contributed by atoms with van der Waals surface area (Å²) in [5.74, 6) is 0. The minimum atomic E-state index is -0.663. The molecule has 2 rings (SSSR count). The summed E-state index contributed by atoms with van der Waals surface area (Å²) >= 11 is 0. The molecule has 1 atom stereocenters. The Balaban J connectivity index is 2.57. The summed E-state index contributed by atoms with van der Waals surface area (Å²) < 4.78 is 2.06. The zero-order valence-corrected chi connectivity index (χ0v) is 9.07. The van der Waals surface area contributed by atoms with Gasteiger partial charge in [-0.2, -0.15) is 0 Å². The molecule has 0 amide bonds. The number of rotatable bonds is 2. The summed E-state index contributed by atoms with van der Waals surface area (Å²) in [6.45, 7) is 1.78. The number of hydrogen-bond acceptors (Lipinski definition) is 2. The number of aliphatic hydroxyl groups is 1. The van der Waals surface area contributed by atoms with Crippen molar-refractivity contribution in [2.75, 3.05) is 6.61 Å². The maximum atomic E-state index is 9.19. The summed E-state index contributed by atoms with van der Waals surface area (Å²) in [5, 5.41) is 10.3. The van der Waals surface area contributed by atoms with Gasteiger partial charge in [-0.25, -0.2) is 0 Å². The highest BCUT2D eigenvalue weighted by atomic mass is 16.3. The highest BCUT2D eigenvalue weighted by Crippen LogP contribution is 2.23. The van der Waals surface area contributed by atoms with E-state index in [4.69, 9.17) is 5.73 Å². The molecule has 80 valence electrons. The molecule has 1 unspecified atom stereocenters. The van der Waals surface area contributed by atoms with Crippen molar-refractivity contribution in [2.45, 2.75) is 12.5 Å². The van der Waals surface area contributed by atoms with Crippen LogP contribution >= 0.6 is 0 Å². The van der Waals surface area contributed by atoms with E-state index in [1.165, 1.54) is 5.52 Å². The van der Waals surface area contributed by atoms with Crippen LogP contribution in [0.15, 0.2) is 30.5 Å². The van der Waals surface area contributed by atoms with Crippen molar-refractivity contribution in [1.29, 1.82) is 0 Å². The van der Waals surface area contributed by atoms with Crippen LogP contribution in [0.25, 0.3) is 10.9 Å². The molecule has 0 aliphatic carbocycles. The SMILES string of the molecule is Cn1ccc2cc(C(C)(N)CO)ccc21. The van der Waals surface area contributed by atoms with E-state index in [0.717, 1.165) is 10.9 Å². The number of aliphatic hydroxyl groups excluding tert-OH is 1. The molecule has 0 saturated heterocycles. The average molecular weight is 204 g/mol. The second-order valence-corrected chi connectivity index (χ2v) is 4.28. The first kappa shape index (κ1) is 10.2. The molecule has 0 fully saturated rings. The number of fused-ring (bicyclic) bond motifs is 1. The molecule has 0 saturated carbocycles. The molecule has 0 radical (unpaired) electrons. The van der Waals surface area contributed by atoms with E-state index in [9.17, 15) is 5.11 Å². The minimum Gasteiger partial charge on any atom is -0.394 e. The fourth-order valence-electron chi connectivity index (χ4n) is 1.73. The lowest BCUT2D eigenvalue weighted by Gasteiger charge is -2.22. The quantitative estimate of drug-likeness (QED) is 0.775. The van der Waals surface area contributed by atoms with Gasteiger partial charge in [0, 0.05) is 18.8 Å². The predicted molar refractivity (Wildman–Crippen MR) is 61.5 cm³/mol. The summed E-state index contributed by atoms with van der Waals surface area (Å²) in [7, 11) is 2.01. The highest BCUT2D eigenvalue weighted by Gasteiger charge is 2.20. The van der Waals surface area contributed by atoms with Crippen molar-refractivity contribution >= 4 is 10.9 Å². The Bertz CT molecular complexity index is 485. The Hall–Kier alpha value is -1.32. The van der Waals surface area contributed by atoms with Gasteiger partial charge in [-0.1, -0.05) is 6.07 Å². The van der Waals surface area contributed by atoms with Crippen LogP contribution in [0.5, 0.6) is 0 Å². The lowest BCUT2D eigenvalue weighted by Crippen LogP contribution is -2.36. The summed E-state index contributed by atoms with van der Waals surface area (Å²) in [5.41, 5.74) is 7.45. The Labute approximate surface area is 89.1 Å². The van der Waals surface area contributed by atoms with Gasteiger partial charge in [-0.15, -0.1) is 0 Å². The van der Waals surface area contributed by atoms with Crippen LogP contribution in [-0.2, 0) is 12.6 Å². The molecule has 3 heteroatoms. The molecule has 3 N–H and O–H groups in total. The van der Waals surface area contributed by atoms with Crippen molar-refractivity contribution in [3.63, 3.8) is 0 Å². The fourth-order valence-corrected chi connectivity index (χ4v) is 1.73. The van der Waals surface area contributed by atoms with E-state index in [-0.39, 0.29) is 6.61 Å². The molecule has 0 spiro atoms. The zero-order valence-electron chi connectivity index (χ0n) is 9.07. The second kappa shape index (κ2) is 3.36. The standard InChI is InChI=1S/C12H16N2O/c1-12(13,8-15)10-3-4-11-9(7-10)5-6-14(11)2/h3-7,15H,8,13H2,1-2H3. The summed E-state index contributed by atoms with van der Waals surface area (Å²) in [6, 6.07) is 8.09. The number of nitrogens with two attached hydrogens (primary N) is 1. The normalized spacial score (nSPS) is 15.5. The maximum absolute atomic E-state index is 9.19. The van der Waals surface area contributed by atoms with Gasteiger partial charge in [0.1, 0.15) is 0 Å². The van der Waals surface area contributed by atoms with Crippen molar-refractivity contribution in [3.8, 4) is 0 Å². The molecule has 15 heavy (non-hydrogen) atoms. The third-order valence-corrected chi connectivity index (χ3v) is 2.87. The van der Waals surface area contributed by atoms with Gasteiger partial charge in [-0.3, -0.25) is 0 Å². The van der Waals surface area contributed by atoms with Crippen molar-refractivity contribution < 1.29 is 5.11 Å². The van der Waals surface area contributed by atoms with Gasteiger partial charge < -0.3 is 15.4 Å². The smallest absolute Gasteiger partial charge is 0.0650 e. The van der Waals surface area contributed by atoms with Gasteiger partial charge in [0.25, 0.3) is 0 Å². The van der Waals surface area contributed by atoms with Crippen molar-refractivity contribution in [1.82, 2.24) is 4.57 Å². The van der Waals surface area contributed by atoms with Crippen LogP contribution in [0.4, 0.5) is 0 Å². The van der Waals surface area contributed by atoms with Gasteiger partial charge in [0.05, 0.1) is 12.1 Å². The Kier molecular flexibility index (Phi) is 2.29. The lowest BCUT2D eigenvalue weighted by atomic mass is 9.93. The van der Waals surface area contributed by atoms with Crippen LogP contribution < -0.4 is 5.73 Å². The molecule has 0 bridgehead atoms. The first-order valence-corrected chi connectivity index (χ1v) is 5.00. The average Bonchev–Trinajstić information content (AvgIpc) is 2.60. The molecule has 1 aromatic carbocycles. The third-order valence-electron chi connectivity index (χ3n) is 2.87. The molecule has 2 aromatic rings. The van der Waals surface area contributed by atoms with E-state index in [1.54, 1.807) is 0 Å². The number of hydrogen-bond donors (Lipinski definition) is 2. The molecule has 1 heterocycles. The Morgan fingerprint density at radius 1 is 1.40 bits per heavy atom.